The highest BCUT2D eigenvalue weighted by molar-refractivity contribution is 7.99. The molecule has 8 heteroatoms. The Labute approximate surface area is 188 Å². The number of hydrazone groups is 1. The molecule has 0 aliphatic heterocycles. The molecule has 4 rings (SSSR count). The van der Waals surface area contributed by atoms with Crippen molar-refractivity contribution in [3.63, 3.8) is 0 Å². The van der Waals surface area contributed by atoms with E-state index in [-0.39, 0.29) is 23.0 Å². The Bertz CT molecular complexity index is 1380. The first-order valence-electron chi connectivity index (χ1n) is 9.84. The maximum absolute atomic E-state index is 13.3. The van der Waals surface area contributed by atoms with Crippen LogP contribution in [0.25, 0.3) is 16.6 Å². The number of aromatic nitrogens is 2. The van der Waals surface area contributed by atoms with Crippen LogP contribution < -0.4 is 11.0 Å². The van der Waals surface area contributed by atoms with E-state index in [0.717, 1.165) is 23.0 Å². The molecule has 32 heavy (non-hydrogen) atoms. The Morgan fingerprint density at radius 1 is 1.12 bits per heavy atom. The van der Waals surface area contributed by atoms with Gasteiger partial charge in [0, 0.05) is 0 Å². The van der Waals surface area contributed by atoms with Crippen molar-refractivity contribution in [2.24, 2.45) is 5.10 Å². The number of aryl methyl sites for hydroxylation is 1. The number of nitrogens with zero attached hydrogens (tertiary/aromatic N) is 3. The number of para-hydroxylation sites is 2. The summed E-state index contributed by atoms with van der Waals surface area (Å²) in [7, 11) is 0. The van der Waals surface area contributed by atoms with Gasteiger partial charge in [-0.05, 0) is 48.4 Å². The first-order valence-corrected chi connectivity index (χ1v) is 10.8. The molecule has 2 N–H and O–H groups in total. The summed E-state index contributed by atoms with van der Waals surface area (Å²) in [5, 5.41) is 14.3. The topological polar surface area (TPSA) is 96.6 Å². The number of hydrogen-bond acceptors (Lipinski definition) is 6. The minimum Gasteiger partial charge on any atom is -0.508 e. The van der Waals surface area contributed by atoms with Crippen molar-refractivity contribution in [2.45, 2.75) is 12.1 Å². The van der Waals surface area contributed by atoms with E-state index < -0.39 is 0 Å². The quantitative estimate of drug-likeness (QED) is 0.205. The Morgan fingerprint density at radius 2 is 1.91 bits per heavy atom. The summed E-state index contributed by atoms with van der Waals surface area (Å²) in [5.74, 6) is -0.203. The van der Waals surface area contributed by atoms with Gasteiger partial charge >= 0.3 is 0 Å². The van der Waals surface area contributed by atoms with Crippen molar-refractivity contribution >= 4 is 34.8 Å². The number of aromatic hydroxyl groups is 1. The molecule has 0 saturated carbocycles. The average molecular weight is 445 g/mol. The Morgan fingerprint density at radius 3 is 2.72 bits per heavy atom. The SMILES string of the molecule is Cc1ccccc1-n1c(SCC(=O)N/N=C\c2cccc(O)c2)nc2ccccc2c1=O. The van der Waals surface area contributed by atoms with Gasteiger partial charge in [-0.25, -0.2) is 10.4 Å². The normalized spacial score (nSPS) is 11.2. The van der Waals surface area contributed by atoms with Crippen LogP contribution >= 0.6 is 11.8 Å². The van der Waals surface area contributed by atoms with Gasteiger partial charge in [-0.15, -0.1) is 0 Å². The highest BCUT2D eigenvalue weighted by Crippen LogP contribution is 2.23. The van der Waals surface area contributed by atoms with Gasteiger partial charge in [0.1, 0.15) is 5.75 Å². The van der Waals surface area contributed by atoms with Crippen LogP contribution in [0.5, 0.6) is 5.75 Å². The van der Waals surface area contributed by atoms with Crippen molar-refractivity contribution in [1.82, 2.24) is 15.0 Å². The minimum absolute atomic E-state index is 0.0219. The number of phenolic OH excluding ortho intramolecular Hbond substituents is 1. The number of fused-ring (bicyclic) bond motifs is 1. The maximum atomic E-state index is 13.3. The maximum Gasteiger partial charge on any atom is 0.266 e. The molecule has 3 aromatic carbocycles. The zero-order valence-corrected chi connectivity index (χ0v) is 18.0. The molecule has 0 unspecified atom stereocenters. The van der Waals surface area contributed by atoms with Crippen LogP contribution in [0, 0.1) is 6.92 Å². The van der Waals surface area contributed by atoms with Crippen LogP contribution in [-0.2, 0) is 4.79 Å². The number of thioether (sulfide) groups is 1. The average Bonchev–Trinajstić information content (AvgIpc) is 2.79. The third kappa shape index (κ3) is 4.70. The number of carbonyl (C=O) groups excluding carboxylic acids is 1. The smallest absolute Gasteiger partial charge is 0.266 e. The molecule has 0 spiro atoms. The minimum atomic E-state index is -0.342. The van der Waals surface area contributed by atoms with Crippen LogP contribution in [0.4, 0.5) is 0 Å². The van der Waals surface area contributed by atoms with E-state index in [2.05, 4.69) is 15.5 Å². The van der Waals surface area contributed by atoms with Gasteiger partial charge in [0.25, 0.3) is 11.5 Å². The van der Waals surface area contributed by atoms with Gasteiger partial charge in [0.2, 0.25) is 0 Å². The number of nitrogens with one attached hydrogen (secondary N) is 1. The summed E-state index contributed by atoms with van der Waals surface area (Å²) in [6.45, 7) is 1.92. The molecule has 1 amide bonds. The van der Waals surface area contributed by atoms with E-state index in [1.807, 2.05) is 37.3 Å². The van der Waals surface area contributed by atoms with Crippen LogP contribution in [-0.4, -0.2) is 32.5 Å². The molecule has 4 aromatic rings. The Hall–Kier alpha value is -3.91. The molecule has 1 aromatic heterocycles. The fourth-order valence-corrected chi connectivity index (χ4v) is 3.98. The first kappa shape index (κ1) is 21.3. The predicted molar refractivity (Wildman–Crippen MR) is 127 cm³/mol. The lowest BCUT2D eigenvalue weighted by Crippen LogP contribution is -2.24. The van der Waals surface area contributed by atoms with Gasteiger partial charge in [-0.3, -0.25) is 14.2 Å². The van der Waals surface area contributed by atoms with E-state index in [1.165, 1.54) is 12.3 Å². The molecule has 160 valence electrons. The third-order valence-corrected chi connectivity index (χ3v) is 5.65. The van der Waals surface area contributed by atoms with Crippen molar-refractivity contribution < 1.29 is 9.90 Å². The Kier molecular flexibility index (Phi) is 6.32. The second-order valence-corrected chi connectivity index (χ2v) is 7.96. The molecular weight excluding hydrogens is 424 g/mol. The highest BCUT2D eigenvalue weighted by atomic mass is 32.2. The lowest BCUT2D eigenvalue weighted by molar-refractivity contribution is -0.118. The molecule has 0 fully saturated rings. The molecular formula is C24H20N4O3S. The van der Waals surface area contributed by atoms with Crippen LogP contribution in [0.2, 0.25) is 0 Å². The predicted octanol–water partition coefficient (Wildman–Crippen LogP) is 3.64. The fourth-order valence-electron chi connectivity index (χ4n) is 3.18. The van der Waals surface area contributed by atoms with Crippen molar-refractivity contribution in [1.29, 1.82) is 0 Å². The lowest BCUT2D eigenvalue weighted by atomic mass is 10.2. The summed E-state index contributed by atoms with van der Waals surface area (Å²) in [6.07, 6.45) is 1.44. The van der Waals surface area contributed by atoms with Gasteiger partial charge in [-0.2, -0.15) is 5.10 Å². The van der Waals surface area contributed by atoms with Gasteiger partial charge in [-0.1, -0.05) is 54.2 Å². The molecule has 0 bridgehead atoms. The number of benzene rings is 3. The summed E-state index contributed by atoms with van der Waals surface area (Å²) < 4.78 is 1.55. The third-order valence-electron chi connectivity index (χ3n) is 4.71. The van der Waals surface area contributed by atoms with Gasteiger partial charge in [0.05, 0.1) is 28.6 Å². The number of carbonyl (C=O) groups is 1. The van der Waals surface area contributed by atoms with Crippen LogP contribution in [0.1, 0.15) is 11.1 Å². The molecule has 7 nitrogen and oxygen atoms in total. The van der Waals surface area contributed by atoms with E-state index in [1.54, 1.807) is 41.0 Å². The van der Waals surface area contributed by atoms with Crippen molar-refractivity contribution in [2.75, 3.05) is 5.75 Å². The van der Waals surface area contributed by atoms with Crippen molar-refractivity contribution in [3.05, 3.63) is 94.3 Å². The van der Waals surface area contributed by atoms with Crippen LogP contribution in [0.15, 0.2) is 87.8 Å². The second-order valence-electron chi connectivity index (χ2n) is 7.02. The van der Waals surface area contributed by atoms with E-state index >= 15 is 0 Å². The first-order chi connectivity index (χ1) is 15.5. The van der Waals surface area contributed by atoms with E-state index in [9.17, 15) is 14.7 Å². The lowest BCUT2D eigenvalue weighted by Gasteiger charge is -2.14. The monoisotopic (exact) mass is 444 g/mol. The fraction of sp³-hybridized carbons (Fsp3) is 0.0833. The second kappa shape index (κ2) is 9.49. The summed E-state index contributed by atoms with van der Waals surface area (Å²) >= 11 is 1.16. The number of hydrogen-bond donors (Lipinski definition) is 2. The molecule has 1 heterocycles. The number of rotatable bonds is 6. The number of amides is 1. The zero-order valence-electron chi connectivity index (χ0n) is 17.2. The molecule has 0 atom stereocenters. The summed E-state index contributed by atoms with van der Waals surface area (Å²) in [5.41, 5.74) is 5.15. The zero-order chi connectivity index (χ0) is 22.5. The molecule has 0 aliphatic rings. The molecule has 0 radical (unpaired) electrons. The highest BCUT2D eigenvalue weighted by Gasteiger charge is 2.15. The molecule has 0 aliphatic carbocycles. The molecule has 0 saturated heterocycles. The van der Waals surface area contributed by atoms with Crippen LogP contribution in [0.3, 0.4) is 0 Å². The summed E-state index contributed by atoms with van der Waals surface area (Å²) in [4.78, 5) is 30.2. The largest absolute Gasteiger partial charge is 0.508 e. The van der Waals surface area contributed by atoms with Gasteiger partial charge in [0.15, 0.2) is 5.16 Å². The van der Waals surface area contributed by atoms with Gasteiger partial charge < -0.3 is 5.11 Å². The van der Waals surface area contributed by atoms with Crippen molar-refractivity contribution in [3.8, 4) is 11.4 Å². The Balaban J connectivity index is 1.58. The van der Waals surface area contributed by atoms with E-state index in [0.29, 0.717) is 21.6 Å². The standard InChI is InChI=1S/C24H20N4O3S/c1-16-7-2-5-12-21(16)28-23(31)19-10-3-4-11-20(19)26-24(28)32-15-22(30)27-25-14-17-8-6-9-18(29)13-17/h2-14,29H,15H2,1H3,(H,27,30)/b25-14-. The number of phenols is 1. The summed E-state index contributed by atoms with van der Waals surface area (Å²) in [6, 6.07) is 21.2. The van der Waals surface area contributed by atoms with E-state index in [4.69, 9.17) is 0 Å².